The van der Waals surface area contributed by atoms with E-state index < -0.39 is 0 Å². The first-order chi connectivity index (χ1) is 8.75. The summed E-state index contributed by atoms with van der Waals surface area (Å²) in [6.45, 7) is 0. The monoisotopic (exact) mass is 241 g/mol. The molecule has 4 rings (SSSR count). The number of aromatic nitrogens is 1. The zero-order valence-corrected chi connectivity index (χ0v) is 9.97. The number of anilines is 3. The molecule has 18 heavy (non-hydrogen) atoms. The van der Waals surface area contributed by atoms with E-state index in [1.165, 1.54) is 6.07 Å². The van der Waals surface area contributed by atoms with Gasteiger partial charge in [-0.3, -0.25) is 4.98 Å². The summed E-state index contributed by atoms with van der Waals surface area (Å²) in [6, 6.07) is 7.06. The van der Waals surface area contributed by atoms with E-state index in [1.54, 1.807) is 12.3 Å². The highest BCUT2D eigenvalue weighted by molar-refractivity contribution is 5.86. The van der Waals surface area contributed by atoms with Gasteiger partial charge in [0.2, 0.25) is 0 Å². The van der Waals surface area contributed by atoms with Crippen LogP contribution < -0.4 is 9.80 Å². The highest BCUT2D eigenvalue weighted by Crippen LogP contribution is 2.48. The quantitative estimate of drug-likeness (QED) is 0.707. The fourth-order valence-electron chi connectivity index (χ4n) is 3.02. The van der Waals surface area contributed by atoms with Crippen molar-refractivity contribution in [1.82, 2.24) is 4.98 Å². The van der Waals surface area contributed by atoms with Gasteiger partial charge in [-0.1, -0.05) is 0 Å². The largest absolute Gasteiger partial charge is 0.351 e. The standard InChI is InChI=1S/C14H12FN3/c1-17-13-8-16-5-4-12(13)18-11-3-2-10(15)6-9(11)7-14(17)18/h2-6,8,14H,7H2,1H3. The lowest BCUT2D eigenvalue weighted by Gasteiger charge is -2.23. The first-order valence-corrected chi connectivity index (χ1v) is 6.00. The van der Waals surface area contributed by atoms with Crippen LogP contribution in [0.5, 0.6) is 0 Å². The molecule has 0 N–H and O–H groups in total. The van der Waals surface area contributed by atoms with Crippen LogP contribution in [0.2, 0.25) is 0 Å². The highest BCUT2D eigenvalue weighted by atomic mass is 19.1. The minimum Gasteiger partial charge on any atom is -0.351 e. The fraction of sp³-hybridized carbons (Fsp3) is 0.214. The van der Waals surface area contributed by atoms with Crippen LogP contribution in [-0.4, -0.2) is 18.2 Å². The highest BCUT2D eigenvalue weighted by Gasteiger charge is 2.40. The number of rotatable bonds is 0. The van der Waals surface area contributed by atoms with Crippen LogP contribution in [0.1, 0.15) is 5.56 Å². The molecule has 2 aliphatic rings. The van der Waals surface area contributed by atoms with Crippen molar-refractivity contribution in [3.8, 4) is 0 Å². The molecule has 1 atom stereocenters. The molecule has 0 saturated carbocycles. The average molecular weight is 241 g/mol. The summed E-state index contributed by atoms with van der Waals surface area (Å²) >= 11 is 0. The Bertz CT molecular complexity index is 641. The van der Waals surface area contributed by atoms with Gasteiger partial charge in [0.15, 0.2) is 0 Å². The van der Waals surface area contributed by atoms with E-state index in [2.05, 4.69) is 21.8 Å². The maximum Gasteiger partial charge on any atom is 0.123 e. The minimum absolute atomic E-state index is 0.160. The van der Waals surface area contributed by atoms with Gasteiger partial charge in [0.25, 0.3) is 0 Å². The van der Waals surface area contributed by atoms with E-state index in [9.17, 15) is 4.39 Å². The molecule has 4 heteroatoms. The zero-order chi connectivity index (χ0) is 12.3. The number of nitrogens with zero attached hydrogens (tertiary/aromatic N) is 3. The SMILES string of the molecule is CN1c2cnccc2N2c3ccc(F)cc3CC12. The van der Waals surface area contributed by atoms with Crippen LogP contribution in [0, 0.1) is 5.82 Å². The maximum atomic E-state index is 13.3. The Morgan fingerprint density at radius 2 is 2.11 bits per heavy atom. The first kappa shape index (κ1) is 9.88. The van der Waals surface area contributed by atoms with Crippen molar-refractivity contribution < 1.29 is 4.39 Å². The molecule has 0 fully saturated rings. The Morgan fingerprint density at radius 1 is 1.22 bits per heavy atom. The summed E-state index contributed by atoms with van der Waals surface area (Å²) in [5, 5.41) is 0. The molecule has 1 unspecified atom stereocenters. The van der Waals surface area contributed by atoms with Crippen LogP contribution in [0.3, 0.4) is 0 Å². The van der Waals surface area contributed by atoms with E-state index in [-0.39, 0.29) is 12.0 Å². The lowest BCUT2D eigenvalue weighted by atomic mass is 10.1. The number of pyridine rings is 1. The van der Waals surface area contributed by atoms with Crippen molar-refractivity contribution in [3.63, 3.8) is 0 Å². The van der Waals surface area contributed by atoms with Crippen molar-refractivity contribution in [2.45, 2.75) is 12.6 Å². The van der Waals surface area contributed by atoms with Crippen LogP contribution in [0.15, 0.2) is 36.7 Å². The molecule has 0 amide bonds. The smallest absolute Gasteiger partial charge is 0.123 e. The Labute approximate surface area is 104 Å². The number of hydrogen-bond donors (Lipinski definition) is 0. The molecule has 0 radical (unpaired) electrons. The van der Waals surface area contributed by atoms with Gasteiger partial charge in [0.1, 0.15) is 12.0 Å². The van der Waals surface area contributed by atoms with Gasteiger partial charge >= 0.3 is 0 Å². The molecule has 1 aromatic heterocycles. The third kappa shape index (κ3) is 1.10. The topological polar surface area (TPSA) is 19.4 Å². The summed E-state index contributed by atoms with van der Waals surface area (Å²) in [5.74, 6) is -0.160. The Balaban J connectivity index is 1.93. The predicted molar refractivity (Wildman–Crippen MR) is 68.7 cm³/mol. The third-order valence-electron chi connectivity index (χ3n) is 3.87. The Morgan fingerprint density at radius 3 is 3.00 bits per heavy atom. The number of likely N-dealkylation sites (N-methyl/N-ethyl adjacent to an activating group) is 1. The first-order valence-electron chi connectivity index (χ1n) is 6.00. The van der Waals surface area contributed by atoms with E-state index in [0.29, 0.717) is 0 Å². The molecule has 3 nitrogen and oxygen atoms in total. The fourth-order valence-corrected chi connectivity index (χ4v) is 3.02. The predicted octanol–water partition coefficient (Wildman–Crippen LogP) is 2.69. The van der Waals surface area contributed by atoms with Crippen LogP contribution in [-0.2, 0) is 6.42 Å². The van der Waals surface area contributed by atoms with E-state index in [4.69, 9.17) is 0 Å². The maximum absolute atomic E-state index is 13.3. The van der Waals surface area contributed by atoms with E-state index >= 15 is 0 Å². The van der Waals surface area contributed by atoms with Crippen LogP contribution in [0.4, 0.5) is 21.5 Å². The van der Waals surface area contributed by atoms with E-state index in [0.717, 1.165) is 29.0 Å². The summed E-state index contributed by atoms with van der Waals surface area (Å²) in [6.07, 6.45) is 4.78. The van der Waals surface area contributed by atoms with E-state index in [1.807, 2.05) is 18.3 Å². The van der Waals surface area contributed by atoms with Crippen molar-refractivity contribution in [2.24, 2.45) is 0 Å². The van der Waals surface area contributed by atoms with Crippen molar-refractivity contribution in [3.05, 3.63) is 48.0 Å². The summed E-state index contributed by atoms with van der Waals surface area (Å²) in [5.41, 5.74) is 4.48. The molecular formula is C14H12FN3. The Hall–Kier alpha value is -2.10. The molecule has 0 spiro atoms. The van der Waals surface area contributed by atoms with Crippen molar-refractivity contribution in [2.75, 3.05) is 16.8 Å². The zero-order valence-electron chi connectivity index (χ0n) is 9.97. The number of fused-ring (bicyclic) bond motifs is 5. The lowest BCUT2D eigenvalue weighted by molar-refractivity contribution is 0.625. The van der Waals surface area contributed by atoms with Gasteiger partial charge in [-0.05, 0) is 29.8 Å². The lowest BCUT2D eigenvalue weighted by Crippen LogP contribution is -2.35. The van der Waals surface area contributed by atoms with Gasteiger partial charge in [-0.25, -0.2) is 4.39 Å². The molecule has 90 valence electrons. The van der Waals surface area contributed by atoms with Gasteiger partial charge in [0, 0.05) is 25.4 Å². The van der Waals surface area contributed by atoms with Gasteiger partial charge in [-0.15, -0.1) is 0 Å². The van der Waals surface area contributed by atoms with Gasteiger partial charge in [0.05, 0.1) is 17.6 Å². The second-order valence-electron chi connectivity index (χ2n) is 4.80. The molecule has 1 aromatic carbocycles. The normalized spacial score (nSPS) is 19.8. The van der Waals surface area contributed by atoms with Crippen LogP contribution in [0.25, 0.3) is 0 Å². The Kier molecular flexibility index (Phi) is 1.77. The third-order valence-corrected chi connectivity index (χ3v) is 3.87. The molecular weight excluding hydrogens is 229 g/mol. The summed E-state index contributed by atoms with van der Waals surface area (Å²) < 4.78 is 13.3. The summed E-state index contributed by atoms with van der Waals surface area (Å²) in [7, 11) is 2.06. The molecule has 2 aromatic rings. The minimum atomic E-state index is -0.160. The second kappa shape index (κ2) is 3.22. The average Bonchev–Trinajstić information content (AvgIpc) is 2.87. The second-order valence-corrected chi connectivity index (χ2v) is 4.80. The molecule has 0 aliphatic carbocycles. The van der Waals surface area contributed by atoms with Crippen molar-refractivity contribution >= 4 is 17.1 Å². The van der Waals surface area contributed by atoms with Crippen molar-refractivity contribution in [1.29, 1.82) is 0 Å². The number of benzene rings is 1. The molecule has 2 aliphatic heterocycles. The van der Waals surface area contributed by atoms with Gasteiger partial charge in [-0.2, -0.15) is 0 Å². The molecule has 3 heterocycles. The molecule has 0 bridgehead atoms. The number of halogens is 1. The van der Waals surface area contributed by atoms with Crippen LogP contribution >= 0.6 is 0 Å². The molecule has 0 saturated heterocycles. The number of hydrogen-bond acceptors (Lipinski definition) is 3. The van der Waals surface area contributed by atoms with Gasteiger partial charge < -0.3 is 9.80 Å². The summed E-state index contributed by atoms with van der Waals surface area (Å²) in [4.78, 5) is 8.65.